The molecule has 4 N–H and O–H groups in total. The van der Waals surface area contributed by atoms with Crippen LogP contribution in [0.15, 0.2) is 65.7 Å². The van der Waals surface area contributed by atoms with Crippen molar-refractivity contribution in [3.05, 3.63) is 77.4 Å². The Morgan fingerprint density at radius 3 is 2.17 bits per heavy atom. The average molecular weight is 305 g/mol. The molecule has 0 radical (unpaired) electrons. The SMILES string of the molecule is N=C(N)c1ccc(C(=O)C2(c3ccc(O)cc3)C=CC=N2)cc1. The molecule has 1 heterocycles. The first kappa shape index (κ1) is 14.7. The van der Waals surface area contributed by atoms with Gasteiger partial charge in [-0.2, -0.15) is 0 Å². The fourth-order valence-electron chi connectivity index (χ4n) is 2.56. The molecular weight excluding hydrogens is 290 g/mol. The molecule has 3 rings (SSSR count). The lowest BCUT2D eigenvalue weighted by Crippen LogP contribution is -2.30. The van der Waals surface area contributed by atoms with Gasteiger partial charge < -0.3 is 10.8 Å². The molecular formula is C18H15N3O2. The van der Waals surface area contributed by atoms with Gasteiger partial charge in [0.15, 0.2) is 11.3 Å². The summed E-state index contributed by atoms with van der Waals surface area (Å²) in [5, 5.41) is 16.9. The Morgan fingerprint density at radius 2 is 1.65 bits per heavy atom. The van der Waals surface area contributed by atoms with E-state index in [9.17, 15) is 9.90 Å². The quantitative estimate of drug-likeness (QED) is 0.459. The highest BCUT2D eigenvalue weighted by molar-refractivity contribution is 6.08. The van der Waals surface area contributed by atoms with Crippen molar-refractivity contribution in [1.82, 2.24) is 0 Å². The molecule has 5 heteroatoms. The average Bonchev–Trinajstić information content (AvgIpc) is 3.06. The third-order valence-electron chi connectivity index (χ3n) is 3.81. The fraction of sp³-hybridized carbons (Fsp3) is 0.0556. The molecule has 0 saturated heterocycles. The summed E-state index contributed by atoms with van der Waals surface area (Å²) in [4.78, 5) is 17.4. The van der Waals surface area contributed by atoms with Crippen LogP contribution in [0.3, 0.4) is 0 Å². The summed E-state index contributed by atoms with van der Waals surface area (Å²) in [6, 6.07) is 13.0. The Balaban J connectivity index is 2.03. The number of phenols is 1. The molecule has 23 heavy (non-hydrogen) atoms. The van der Waals surface area contributed by atoms with Crippen LogP contribution < -0.4 is 5.73 Å². The highest BCUT2D eigenvalue weighted by Crippen LogP contribution is 2.34. The van der Waals surface area contributed by atoms with Crippen LogP contribution in [0.5, 0.6) is 5.75 Å². The van der Waals surface area contributed by atoms with E-state index >= 15 is 0 Å². The van der Waals surface area contributed by atoms with Crippen molar-refractivity contribution in [3.63, 3.8) is 0 Å². The number of aromatic hydroxyl groups is 1. The summed E-state index contributed by atoms with van der Waals surface area (Å²) in [6.07, 6.45) is 5.06. The van der Waals surface area contributed by atoms with E-state index in [2.05, 4.69) is 4.99 Å². The first-order valence-corrected chi connectivity index (χ1v) is 7.05. The van der Waals surface area contributed by atoms with E-state index in [-0.39, 0.29) is 17.4 Å². The summed E-state index contributed by atoms with van der Waals surface area (Å²) in [5.74, 6) is -0.0903. The van der Waals surface area contributed by atoms with Gasteiger partial charge in [-0.1, -0.05) is 36.4 Å². The normalized spacial score (nSPS) is 19.0. The zero-order valence-electron chi connectivity index (χ0n) is 12.2. The molecule has 2 aromatic carbocycles. The number of hydrogen-bond acceptors (Lipinski definition) is 4. The van der Waals surface area contributed by atoms with E-state index in [0.29, 0.717) is 16.7 Å². The second kappa shape index (κ2) is 5.53. The van der Waals surface area contributed by atoms with Crippen LogP contribution in [-0.4, -0.2) is 22.9 Å². The number of phenolic OH excluding ortho intramolecular Hbond substituents is 1. The van der Waals surface area contributed by atoms with Crippen LogP contribution >= 0.6 is 0 Å². The van der Waals surface area contributed by atoms with Gasteiger partial charge in [0.1, 0.15) is 11.6 Å². The number of carbonyl (C=O) groups excluding carboxylic acids is 1. The number of nitrogens with two attached hydrogens (primary N) is 1. The highest BCUT2D eigenvalue weighted by atomic mass is 16.3. The topological polar surface area (TPSA) is 99.5 Å². The maximum absolute atomic E-state index is 13.0. The summed E-state index contributed by atoms with van der Waals surface area (Å²) < 4.78 is 0. The van der Waals surface area contributed by atoms with E-state index < -0.39 is 5.54 Å². The van der Waals surface area contributed by atoms with E-state index in [1.807, 2.05) is 0 Å². The predicted octanol–water partition coefficient (Wildman–Crippen LogP) is 2.40. The minimum atomic E-state index is -1.12. The Kier molecular flexibility index (Phi) is 3.54. The van der Waals surface area contributed by atoms with Crippen molar-refractivity contribution in [2.24, 2.45) is 10.7 Å². The number of carbonyl (C=O) groups is 1. The molecule has 0 aliphatic carbocycles. The lowest BCUT2D eigenvalue weighted by Gasteiger charge is -2.23. The predicted molar refractivity (Wildman–Crippen MR) is 89.2 cm³/mol. The molecule has 0 saturated carbocycles. The second-order valence-corrected chi connectivity index (χ2v) is 5.27. The highest BCUT2D eigenvalue weighted by Gasteiger charge is 2.39. The minimum absolute atomic E-state index is 0.0453. The molecule has 0 bridgehead atoms. The molecule has 1 atom stereocenters. The summed E-state index contributed by atoms with van der Waals surface area (Å²) in [5.41, 5.74) is 6.03. The molecule has 5 nitrogen and oxygen atoms in total. The Bertz CT molecular complexity index is 806. The van der Waals surface area contributed by atoms with Gasteiger partial charge in [-0.05, 0) is 29.8 Å². The van der Waals surface area contributed by atoms with Gasteiger partial charge >= 0.3 is 0 Å². The molecule has 114 valence electrons. The number of rotatable bonds is 4. The molecule has 0 spiro atoms. The van der Waals surface area contributed by atoms with Crippen LogP contribution in [0.2, 0.25) is 0 Å². The summed E-state index contributed by atoms with van der Waals surface area (Å²) >= 11 is 0. The Morgan fingerprint density at radius 1 is 1.04 bits per heavy atom. The van der Waals surface area contributed by atoms with E-state index in [0.717, 1.165) is 0 Å². The van der Waals surface area contributed by atoms with Crippen molar-refractivity contribution in [2.45, 2.75) is 5.54 Å². The van der Waals surface area contributed by atoms with Crippen molar-refractivity contribution < 1.29 is 9.90 Å². The van der Waals surface area contributed by atoms with Crippen molar-refractivity contribution in [2.75, 3.05) is 0 Å². The monoisotopic (exact) mass is 305 g/mol. The maximum atomic E-state index is 13.0. The number of nitrogen functional groups attached to an aromatic ring is 1. The summed E-state index contributed by atoms with van der Waals surface area (Å²) in [7, 11) is 0. The van der Waals surface area contributed by atoms with Gasteiger partial charge in [0.25, 0.3) is 0 Å². The number of amidine groups is 1. The largest absolute Gasteiger partial charge is 0.508 e. The molecule has 1 aliphatic heterocycles. The minimum Gasteiger partial charge on any atom is -0.508 e. The zero-order chi connectivity index (χ0) is 16.4. The van der Waals surface area contributed by atoms with Crippen LogP contribution in [0.4, 0.5) is 0 Å². The second-order valence-electron chi connectivity index (χ2n) is 5.27. The third kappa shape index (κ3) is 2.53. The fourth-order valence-corrected chi connectivity index (χ4v) is 2.56. The standard InChI is InChI=1S/C18H15N3O2/c19-17(20)13-4-2-12(3-5-13)16(23)18(10-1-11-21-18)14-6-8-15(22)9-7-14/h1-11,22H,(H3,19,20). The summed E-state index contributed by atoms with van der Waals surface area (Å²) in [6.45, 7) is 0. The van der Waals surface area contributed by atoms with Gasteiger partial charge in [-0.25, -0.2) is 0 Å². The van der Waals surface area contributed by atoms with E-state index in [4.69, 9.17) is 11.1 Å². The Labute approximate surface area is 133 Å². The van der Waals surface area contributed by atoms with Gasteiger partial charge in [-0.15, -0.1) is 0 Å². The smallest absolute Gasteiger partial charge is 0.198 e. The molecule has 0 fully saturated rings. The lowest BCUT2D eigenvalue weighted by molar-refractivity contribution is 0.0923. The zero-order valence-corrected chi connectivity index (χ0v) is 12.2. The Hall–Kier alpha value is -3.21. The van der Waals surface area contributed by atoms with Gasteiger partial charge in [0.05, 0.1) is 0 Å². The number of allylic oxidation sites excluding steroid dienone is 1. The number of benzene rings is 2. The third-order valence-corrected chi connectivity index (χ3v) is 3.81. The van der Waals surface area contributed by atoms with Gasteiger partial charge in [0.2, 0.25) is 0 Å². The first-order chi connectivity index (χ1) is 11.0. The molecule has 1 unspecified atom stereocenters. The van der Waals surface area contributed by atoms with Crippen LogP contribution in [0, 0.1) is 5.41 Å². The first-order valence-electron chi connectivity index (χ1n) is 7.05. The van der Waals surface area contributed by atoms with E-state index in [1.165, 1.54) is 12.1 Å². The van der Waals surface area contributed by atoms with Gasteiger partial charge in [-0.3, -0.25) is 15.2 Å². The van der Waals surface area contributed by atoms with Gasteiger partial charge in [0, 0.05) is 17.3 Å². The molecule has 1 aliphatic rings. The maximum Gasteiger partial charge on any atom is 0.198 e. The number of Topliss-reactive ketones (excluding diaryl/α,β-unsaturated/α-hetero) is 1. The number of nitrogens with zero attached hydrogens (tertiary/aromatic N) is 1. The van der Waals surface area contributed by atoms with Crippen molar-refractivity contribution >= 4 is 17.8 Å². The number of hydrogen-bond donors (Lipinski definition) is 3. The van der Waals surface area contributed by atoms with E-state index in [1.54, 1.807) is 54.8 Å². The number of nitrogens with one attached hydrogen (secondary N) is 1. The molecule has 2 aromatic rings. The molecule has 0 amide bonds. The van der Waals surface area contributed by atoms with Crippen LogP contribution in [0.1, 0.15) is 21.5 Å². The molecule has 0 aromatic heterocycles. The number of ketones is 1. The van der Waals surface area contributed by atoms with Crippen LogP contribution in [0.25, 0.3) is 0 Å². The number of aliphatic imine (C=N–C) groups is 1. The lowest BCUT2D eigenvalue weighted by atomic mass is 9.83. The van der Waals surface area contributed by atoms with Crippen molar-refractivity contribution in [1.29, 1.82) is 5.41 Å². The van der Waals surface area contributed by atoms with Crippen molar-refractivity contribution in [3.8, 4) is 5.75 Å². The van der Waals surface area contributed by atoms with Crippen LogP contribution in [-0.2, 0) is 5.54 Å².